The van der Waals surface area contributed by atoms with Crippen LogP contribution in [0.4, 0.5) is 0 Å². The number of carboxylic acids is 2. The molecular weight excluding hydrogens is 613 g/mol. The first-order chi connectivity index (χ1) is 21.4. The third-order valence-electron chi connectivity index (χ3n) is 6.59. The Kier molecular flexibility index (Phi) is 25.0. The second kappa shape index (κ2) is 26.6. The smallest absolute Gasteiger partial charge is 0.472 e. The number of carbonyl (C=O) groups excluding carboxylic acids is 3. The third-order valence-corrected chi connectivity index (χ3v) is 7.54. The summed E-state index contributed by atoms with van der Waals surface area (Å²) in [6, 6.07) is -1.58. The number of ketones is 1. The standard InChI is InChI=1S/C30H52NO13P/c1-2-3-4-5-6-7-8-9-10-11-12-13-14-17-28(35)41-21-25(22-42-45(39,40)43-23-26(31)30(37)38)44-29(36)18-15-16-24(32)19-20-27(33)34/h19-20,25-26H,2-18,21-23,31H2,1H3,(H,33,34)(H,37,38)(H,39,40)/b20-19+/t25-,26+/m1/s1. The Hall–Kier alpha value is -2.64. The molecule has 0 heterocycles. The van der Waals surface area contributed by atoms with Crippen molar-refractivity contribution in [2.24, 2.45) is 5.73 Å². The average molecular weight is 666 g/mol. The molecule has 0 radical (unpaired) electrons. The van der Waals surface area contributed by atoms with Crippen LogP contribution >= 0.6 is 7.82 Å². The first kappa shape index (κ1) is 42.4. The lowest BCUT2D eigenvalue weighted by Gasteiger charge is -2.20. The van der Waals surface area contributed by atoms with E-state index in [1.54, 1.807) is 0 Å². The number of aliphatic carboxylic acids is 2. The molecule has 15 heteroatoms. The van der Waals surface area contributed by atoms with E-state index in [-0.39, 0.29) is 25.7 Å². The summed E-state index contributed by atoms with van der Waals surface area (Å²) in [5.74, 6) is -4.64. The number of rotatable bonds is 30. The third kappa shape index (κ3) is 27.4. The molecule has 14 nitrogen and oxygen atoms in total. The van der Waals surface area contributed by atoms with E-state index < -0.39 is 69.4 Å². The van der Waals surface area contributed by atoms with Crippen LogP contribution in [0, 0.1) is 0 Å². The normalized spacial score (nSPS) is 14.0. The molecule has 260 valence electrons. The van der Waals surface area contributed by atoms with Crippen molar-refractivity contribution in [3.8, 4) is 0 Å². The summed E-state index contributed by atoms with van der Waals surface area (Å²) in [5, 5.41) is 17.3. The highest BCUT2D eigenvalue weighted by atomic mass is 31.2. The molecule has 0 aromatic rings. The number of phosphoric acid groups is 1. The van der Waals surface area contributed by atoms with Crippen LogP contribution in [-0.4, -0.2) is 76.7 Å². The summed E-state index contributed by atoms with van der Waals surface area (Å²) in [5.41, 5.74) is 5.24. The van der Waals surface area contributed by atoms with E-state index in [1.165, 1.54) is 57.8 Å². The van der Waals surface area contributed by atoms with Gasteiger partial charge in [0.2, 0.25) is 0 Å². The number of hydrogen-bond donors (Lipinski definition) is 4. The molecule has 5 N–H and O–H groups in total. The molecule has 0 aliphatic rings. The Labute approximate surface area is 265 Å². The lowest BCUT2D eigenvalue weighted by molar-refractivity contribution is -0.161. The molecule has 0 aromatic carbocycles. The van der Waals surface area contributed by atoms with Crippen molar-refractivity contribution in [3.63, 3.8) is 0 Å². The fourth-order valence-electron chi connectivity index (χ4n) is 4.02. The molecule has 45 heavy (non-hydrogen) atoms. The minimum absolute atomic E-state index is 0.0305. The van der Waals surface area contributed by atoms with E-state index in [4.69, 9.17) is 29.9 Å². The number of carbonyl (C=O) groups is 5. The SMILES string of the molecule is CCCCCCCCCCCCCCCC(=O)OC[C@H](COP(=O)(O)OC[C@H](N)C(=O)O)OC(=O)CCCC(=O)/C=C/C(=O)O. The molecule has 0 saturated carbocycles. The first-order valence-corrected chi connectivity index (χ1v) is 17.2. The van der Waals surface area contributed by atoms with Crippen molar-refractivity contribution in [1.82, 2.24) is 0 Å². The van der Waals surface area contributed by atoms with Crippen LogP contribution in [0.15, 0.2) is 12.2 Å². The zero-order valence-electron chi connectivity index (χ0n) is 26.4. The van der Waals surface area contributed by atoms with Crippen molar-refractivity contribution in [1.29, 1.82) is 0 Å². The molecule has 1 unspecified atom stereocenters. The molecule has 3 atom stereocenters. The van der Waals surface area contributed by atoms with Crippen LogP contribution in [-0.2, 0) is 47.1 Å². The average Bonchev–Trinajstić information content (AvgIpc) is 2.98. The van der Waals surface area contributed by atoms with Crippen LogP contribution in [0.5, 0.6) is 0 Å². The molecule has 0 spiro atoms. The summed E-state index contributed by atoms with van der Waals surface area (Å²) in [6.07, 6.45) is 15.0. The van der Waals surface area contributed by atoms with Crippen LogP contribution in [0.25, 0.3) is 0 Å². The van der Waals surface area contributed by atoms with Gasteiger partial charge in [-0.25, -0.2) is 9.36 Å². The Bertz CT molecular complexity index is 956. The minimum Gasteiger partial charge on any atom is -0.480 e. The molecule has 0 bridgehead atoms. The van der Waals surface area contributed by atoms with Gasteiger partial charge >= 0.3 is 31.7 Å². The molecule has 0 aliphatic heterocycles. The van der Waals surface area contributed by atoms with Gasteiger partial charge < -0.3 is 30.3 Å². The van der Waals surface area contributed by atoms with Crippen LogP contribution in [0.2, 0.25) is 0 Å². The van der Waals surface area contributed by atoms with Gasteiger partial charge in [0.1, 0.15) is 12.6 Å². The summed E-state index contributed by atoms with van der Waals surface area (Å²) in [7, 11) is -4.80. The fraction of sp³-hybridized carbons (Fsp3) is 0.767. The van der Waals surface area contributed by atoms with Crippen LogP contribution < -0.4 is 5.73 Å². The van der Waals surface area contributed by atoms with Gasteiger partial charge in [0, 0.05) is 25.3 Å². The van der Waals surface area contributed by atoms with E-state index in [9.17, 15) is 33.4 Å². The van der Waals surface area contributed by atoms with Crippen LogP contribution in [0.1, 0.15) is 116 Å². The molecule has 0 aromatic heterocycles. The predicted molar refractivity (Wildman–Crippen MR) is 164 cm³/mol. The summed E-state index contributed by atoms with van der Waals surface area (Å²) in [6.45, 7) is 0.169. The summed E-state index contributed by atoms with van der Waals surface area (Å²) >= 11 is 0. The zero-order chi connectivity index (χ0) is 33.9. The molecule has 0 aliphatic carbocycles. The maximum absolute atomic E-state index is 12.3. The van der Waals surface area contributed by atoms with E-state index >= 15 is 0 Å². The number of nitrogens with two attached hydrogens (primary N) is 1. The Morgan fingerprint density at radius 2 is 1.20 bits per heavy atom. The number of ether oxygens (including phenoxy) is 2. The Balaban J connectivity index is 4.56. The number of carboxylic acid groups (broad SMARTS) is 2. The largest absolute Gasteiger partial charge is 0.480 e. The molecule has 0 rings (SSSR count). The van der Waals surface area contributed by atoms with Gasteiger partial charge in [-0.15, -0.1) is 0 Å². The van der Waals surface area contributed by atoms with Gasteiger partial charge in [-0.3, -0.25) is 28.2 Å². The van der Waals surface area contributed by atoms with Gasteiger partial charge in [0.05, 0.1) is 13.2 Å². The van der Waals surface area contributed by atoms with Gasteiger partial charge in [-0.1, -0.05) is 84.0 Å². The number of phosphoric ester groups is 1. The van der Waals surface area contributed by atoms with Crippen molar-refractivity contribution < 1.29 is 62.2 Å². The Morgan fingerprint density at radius 3 is 1.73 bits per heavy atom. The maximum Gasteiger partial charge on any atom is 0.472 e. The van der Waals surface area contributed by atoms with E-state index in [0.717, 1.165) is 25.3 Å². The lowest BCUT2D eigenvalue weighted by atomic mass is 10.0. The Morgan fingerprint density at radius 1 is 0.689 bits per heavy atom. The predicted octanol–water partition coefficient (Wildman–Crippen LogP) is 4.85. The summed E-state index contributed by atoms with van der Waals surface area (Å²) < 4.78 is 31.8. The van der Waals surface area contributed by atoms with Crippen molar-refractivity contribution in [2.75, 3.05) is 19.8 Å². The molecule has 0 amide bonds. The zero-order valence-corrected chi connectivity index (χ0v) is 27.3. The van der Waals surface area contributed by atoms with Gasteiger partial charge in [0.25, 0.3) is 0 Å². The van der Waals surface area contributed by atoms with E-state index in [2.05, 4.69) is 11.4 Å². The molecule has 0 saturated heterocycles. The number of allylic oxidation sites excluding steroid dienone is 1. The highest BCUT2D eigenvalue weighted by molar-refractivity contribution is 7.47. The van der Waals surface area contributed by atoms with Crippen LogP contribution in [0.3, 0.4) is 0 Å². The maximum atomic E-state index is 12.3. The second-order valence-electron chi connectivity index (χ2n) is 10.8. The topological polar surface area (TPSA) is 226 Å². The van der Waals surface area contributed by atoms with Crippen molar-refractivity contribution >= 4 is 37.5 Å². The van der Waals surface area contributed by atoms with Crippen molar-refractivity contribution in [2.45, 2.75) is 128 Å². The fourth-order valence-corrected chi connectivity index (χ4v) is 4.80. The first-order valence-electron chi connectivity index (χ1n) is 15.8. The number of hydrogen-bond acceptors (Lipinski definition) is 11. The van der Waals surface area contributed by atoms with E-state index in [1.807, 2.05) is 0 Å². The van der Waals surface area contributed by atoms with Gasteiger partial charge in [-0.05, 0) is 18.9 Å². The minimum atomic E-state index is -4.80. The highest BCUT2D eigenvalue weighted by Crippen LogP contribution is 2.43. The van der Waals surface area contributed by atoms with E-state index in [0.29, 0.717) is 12.5 Å². The second-order valence-corrected chi connectivity index (χ2v) is 12.2. The van der Waals surface area contributed by atoms with Crippen molar-refractivity contribution in [3.05, 3.63) is 12.2 Å². The lowest BCUT2D eigenvalue weighted by Crippen LogP contribution is -2.34. The summed E-state index contributed by atoms with van der Waals surface area (Å²) in [4.78, 5) is 67.2. The molecular formula is C30H52NO13P. The van der Waals surface area contributed by atoms with Gasteiger partial charge in [0.15, 0.2) is 11.9 Å². The van der Waals surface area contributed by atoms with Gasteiger partial charge in [-0.2, -0.15) is 0 Å². The highest BCUT2D eigenvalue weighted by Gasteiger charge is 2.28. The molecule has 0 fully saturated rings. The monoisotopic (exact) mass is 665 g/mol. The number of esters is 2. The number of unbranched alkanes of at least 4 members (excludes halogenated alkanes) is 12. The quantitative estimate of drug-likeness (QED) is 0.0348.